The molecule has 12 fully saturated rings. The Kier molecular flexibility index (Phi) is 21.3. The molecule has 12 aliphatic carbocycles. The second-order valence-corrected chi connectivity index (χ2v) is 36.9. The number of aromatic nitrogens is 6. The predicted octanol–water partition coefficient (Wildman–Crippen LogP) is 19.3. The summed E-state index contributed by atoms with van der Waals surface area (Å²) in [7, 11) is 0. The molecular weight excluding hydrogens is 1270 g/mol. The molecule has 0 unspecified atom stereocenters. The molecule has 4 heterocycles. The fraction of sp³-hybridized carbons (Fsp3) is 0.821. The third-order valence-electron chi connectivity index (χ3n) is 32.7. The van der Waals surface area contributed by atoms with Crippen molar-refractivity contribution in [2.45, 2.75) is 307 Å². The minimum absolute atomic E-state index is 0. The van der Waals surface area contributed by atoms with Crippen LogP contribution in [0, 0.1) is 121 Å². The number of hydrogen-bond acceptors (Lipinski definition) is 10. The van der Waals surface area contributed by atoms with Gasteiger partial charge in [-0.15, -0.1) is 0 Å². The third kappa shape index (κ3) is 12.5. The van der Waals surface area contributed by atoms with E-state index in [1.807, 2.05) is 40.1 Å². The Hall–Kier alpha value is -3.39. The van der Waals surface area contributed by atoms with E-state index < -0.39 is 16.8 Å². The molecule has 12 nitrogen and oxygen atoms in total. The van der Waals surface area contributed by atoms with E-state index in [-0.39, 0.29) is 56.3 Å². The van der Waals surface area contributed by atoms with Gasteiger partial charge in [0.1, 0.15) is 17.8 Å². The fourth-order valence-electron chi connectivity index (χ4n) is 28.1. The van der Waals surface area contributed by atoms with Crippen molar-refractivity contribution in [2.24, 2.45) is 121 Å². The zero-order chi connectivity index (χ0) is 66.2. The van der Waals surface area contributed by atoms with Crippen molar-refractivity contribution in [3.8, 4) is 0 Å². The number of hydrogen-bond donors (Lipinski definition) is 3. The van der Waals surface area contributed by atoms with Gasteiger partial charge in [-0.1, -0.05) is 79.8 Å². The molecule has 0 bridgehead atoms. The molecule has 16 rings (SSSR count). The van der Waals surface area contributed by atoms with Gasteiger partial charge in [-0.05, 0) is 329 Å². The standard InChI is InChI=1S/2C29H41N3O2.C23H37BrO2.3CH4/c1-4-29-13-12-27(2,34)15-20(29)5-6-21-22-7-8-24(28(22,3)11-9-23(21)29)26(33)18-32-17-19-10-14-30-16-25(19)31-32;1-4-29-13-12-27(2,34)15-20(29)5-6-21-22-7-8-24(28(22,3)11-9-23(21)29)26(33)18-32-25-17-30-14-10-19(25)16-31-32;1-4-23-12-11-21(2,26)13-15(23)5-6-16-17-7-8-19(20(25)14-24)22(17,3)10-9-18(16)23;;;/h2*10,14,16-17,20-24,34H,4-9,11-13,15,18H2,1-3H3;15-19,26H,4-14H2,1-3H3;3*1H4/t2*20-,21-,22-,23-,24+,27+,28-,29-;15-,16-,17-,18-,19+,21+,22-,23-;;;/m000.../s1. The molecule has 24 atom stereocenters. The van der Waals surface area contributed by atoms with E-state index in [2.05, 4.69) is 98.4 Å². The maximum Gasteiger partial charge on any atom is 0.157 e. The van der Waals surface area contributed by atoms with E-state index in [1.165, 1.54) is 135 Å². The van der Waals surface area contributed by atoms with Gasteiger partial charge in [-0.2, -0.15) is 10.2 Å². The van der Waals surface area contributed by atoms with Gasteiger partial charge in [0.25, 0.3) is 0 Å². The highest BCUT2D eigenvalue weighted by Gasteiger charge is 2.66. The van der Waals surface area contributed by atoms with Crippen LogP contribution in [-0.4, -0.2) is 84.3 Å². The summed E-state index contributed by atoms with van der Waals surface area (Å²) >= 11 is 3.44. The Bertz CT molecular complexity index is 3410. The normalized spacial score (nSPS) is 45.1. The number of ketones is 3. The SMILES string of the molecule is C.C.C.CC[C@]12CC[C@@](C)(O)C[C@@H]1CC[C@H]1[C@@H]3CC[C@H](C(=O)CBr)[C@@]3(C)CC[C@@H]12.CC[C@]12CC[C@@](C)(O)C[C@@H]1CC[C@H]1[C@@H]3CC[C@H](C(=O)Cn4cc5ccncc5n4)[C@@]3(C)CC[C@@H]12.CC[C@]12CC[C@@](C)(O)C[C@@H]1CC[C@H]1[C@@H]3CC[C@H](C(=O)Cn4ncc5ccncc54)[C@@]3(C)CC[C@@H]12. The van der Waals surface area contributed by atoms with Crippen LogP contribution in [-0.2, 0) is 27.5 Å². The summed E-state index contributed by atoms with van der Waals surface area (Å²) in [6.45, 7) is 21.5. The number of carbonyl (C=O) groups is 3. The van der Waals surface area contributed by atoms with Gasteiger partial charge in [-0.25, -0.2) is 0 Å². The second-order valence-electron chi connectivity index (χ2n) is 36.4. The molecule has 4 aromatic rings. The minimum atomic E-state index is -0.476. The number of aliphatic hydroxyl groups is 3. The average Bonchev–Trinajstić information content (AvgIpc) is 1.71. The lowest BCUT2D eigenvalue weighted by Gasteiger charge is -2.63. The summed E-state index contributed by atoms with van der Waals surface area (Å²) in [6, 6.07) is 3.92. The van der Waals surface area contributed by atoms with Gasteiger partial charge < -0.3 is 15.3 Å². The average molecular weight is 1400 g/mol. The first-order valence-corrected chi connectivity index (χ1v) is 39.8. The Labute approximate surface area is 593 Å². The van der Waals surface area contributed by atoms with Gasteiger partial charge in [0.2, 0.25) is 0 Å². The molecule has 12 aliphatic rings. The Balaban J connectivity index is 0.000000147. The van der Waals surface area contributed by atoms with Crippen LogP contribution in [0.4, 0.5) is 0 Å². The molecule has 0 aromatic carbocycles. The maximum atomic E-state index is 13.7. The number of halogens is 1. The van der Waals surface area contributed by atoms with E-state index in [0.29, 0.717) is 81.6 Å². The summed E-state index contributed by atoms with van der Waals surface area (Å²) in [5, 5.41) is 44.1. The molecule has 0 amide bonds. The Morgan fingerprint density at radius 3 is 1.26 bits per heavy atom. The lowest BCUT2D eigenvalue weighted by Crippen LogP contribution is -2.56. The van der Waals surface area contributed by atoms with Crippen LogP contribution < -0.4 is 0 Å². The van der Waals surface area contributed by atoms with Gasteiger partial charge in [-0.3, -0.25) is 33.7 Å². The summed E-state index contributed by atoms with van der Waals surface area (Å²) in [6.07, 6.45) is 46.4. The number of fused-ring (bicyclic) bond motifs is 17. The van der Waals surface area contributed by atoms with Crippen LogP contribution in [0.3, 0.4) is 0 Å². The summed E-state index contributed by atoms with van der Waals surface area (Å²) in [4.78, 5) is 48.3. The first kappa shape index (κ1) is 74.8. The van der Waals surface area contributed by atoms with E-state index in [4.69, 9.17) is 0 Å². The van der Waals surface area contributed by atoms with Crippen molar-refractivity contribution in [1.29, 1.82) is 0 Å². The monoisotopic (exact) mass is 1400 g/mol. The van der Waals surface area contributed by atoms with Crippen LogP contribution in [0.15, 0.2) is 49.3 Å². The number of Topliss-reactive ketones (excluding diaryl/α,β-unsaturated/α-hetero) is 3. The lowest BCUT2D eigenvalue weighted by molar-refractivity contribution is -0.158. The number of alkyl halides is 1. The molecule has 12 saturated carbocycles. The third-order valence-corrected chi connectivity index (χ3v) is 33.2. The second kappa shape index (κ2) is 27.7. The number of rotatable bonds is 11. The van der Waals surface area contributed by atoms with Crippen molar-refractivity contribution >= 4 is 55.1 Å². The highest BCUT2D eigenvalue weighted by molar-refractivity contribution is 9.09. The summed E-state index contributed by atoms with van der Waals surface area (Å²) in [5.74, 6) is 10.7. The van der Waals surface area contributed by atoms with E-state index in [9.17, 15) is 29.7 Å². The van der Waals surface area contributed by atoms with E-state index >= 15 is 0 Å². The van der Waals surface area contributed by atoms with Crippen molar-refractivity contribution < 1.29 is 29.7 Å². The van der Waals surface area contributed by atoms with E-state index in [1.54, 1.807) is 18.6 Å². The number of carbonyl (C=O) groups excluding carboxylic acids is 3. The molecule has 3 N–H and O–H groups in total. The molecule has 13 heteroatoms. The molecule has 0 aliphatic heterocycles. The smallest absolute Gasteiger partial charge is 0.157 e. The van der Waals surface area contributed by atoms with Crippen molar-refractivity contribution in [3.05, 3.63) is 49.3 Å². The molecule has 0 spiro atoms. The van der Waals surface area contributed by atoms with Gasteiger partial charge in [0.05, 0.1) is 52.8 Å². The molecule has 0 radical (unpaired) electrons. The highest BCUT2D eigenvalue weighted by atomic mass is 79.9. The van der Waals surface area contributed by atoms with Gasteiger partial charge >= 0.3 is 0 Å². The number of nitrogens with zero attached hydrogens (tertiary/aromatic N) is 6. The van der Waals surface area contributed by atoms with Gasteiger partial charge in [0, 0.05) is 47.1 Å². The van der Waals surface area contributed by atoms with Crippen LogP contribution in [0.2, 0.25) is 0 Å². The number of pyridine rings is 2. The molecule has 540 valence electrons. The first-order valence-electron chi connectivity index (χ1n) is 38.6. The largest absolute Gasteiger partial charge is 0.390 e. The zero-order valence-corrected chi connectivity index (χ0v) is 60.8. The molecule has 4 aromatic heterocycles. The van der Waals surface area contributed by atoms with Crippen LogP contribution >= 0.6 is 15.9 Å². The van der Waals surface area contributed by atoms with Crippen molar-refractivity contribution in [3.63, 3.8) is 0 Å². The molecular formula is C84H131BrN6O6. The minimum Gasteiger partial charge on any atom is -0.390 e. The zero-order valence-electron chi connectivity index (χ0n) is 59.2. The maximum absolute atomic E-state index is 13.7. The fourth-order valence-corrected chi connectivity index (χ4v) is 28.5. The summed E-state index contributed by atoms with van der Waals surface area (Å²) in [5.41, 5.74) is 2.21. The first-order chi connectivity index (χ1) is 44.8. The van der Waals surface area contributed by atoms with Gasteiger partial charge in [0.15, 0.2) is 11.6 Å². The lowest BCUT2D eigenvalue weighted by atomic mass is 9.42. The van der Waals surface area contributed by atoms with Crippen molar-refractivity contribution in [2.75, 3.05) is 5.33 Å². The van der Waals surface area contributed by atoms with E-state index in [0.717, 1.165) is 121 Å². The Morgan fingerprint density at radius 1 is 0.464 bits per heavy atom. The molecule has 97 heavy (non-hydrogen) atoms. The quantitative estimate of drug-likeness (QED) is 0.123. The van der Waals surface area contributed by atoms with Crippen molar-refractivity contribution in [1.82, 2.24) is 29.5 Å². The molecule has 0 saturated heterocycles. The topological polar surface area (TPSA) is 173 Å². The highest BCUT2D eigenvalue weighted by Crippen LogP contribution is 2.73. The van der Waals surface area contributed by atoms with Crippen LogP contribution in [0.25, 0.3) is 21.8 Å². The van der Waals surface area contributed by atoms with Crippen LogP contribution in [0.5, 0.6) is 0 Å². The van der Waals surface area contributed by atoms with Crippen LogP contribution in [0.1, 0.15) is 277 Å². The predicted molar refractivity (Wildman–Crippen MR) is 395 cm³/mol. The summed E-state index contributed by atoms with van der Waals surface area (Å²) < 4.78 is 3.69. The Morgan fingerprint density at radius 2 is 0.856 bits per heavy atom.